The summed E-state index contributed by atoms with van der Waals surface area (Å²) in [5.74, 6) is 0.0235. The summed E-state index contributed by atoms with van der Waals surface area (Å²) in [6, 6.07) is 0. The molecule has 5 nitrogen and oxygen atoms in total. The second-order valence-electron chi connectivity index (χ2n) is 5.58. The van der Waals surface area contributed by atoms with E-state index in [0.29, 0.717) is 18.1 Å². The van der Waals surface area contributed by atoms with Gasteiger partial charge in [0.15, 0.2) is 5.12 Å². The lowest BCUT2D eigenvalue weighted by molar-refractivity contribution is -0.117. The van der Waals surface area contributed by atoms with Crippen molar-refractivity contribution in [3.05, 3.63) is 5.01 Å². The number of hydrogen-bond acceptors (Lipinski definition) is 6. The van der Waals surface area contributed by atoms with Crippen molar-refractivity contribution >= 4 is 39.3 Å². The minimum atomic E-state index is -0.0633. The van der Waals surface area contributed by atoms with Crippen LogP contribution in [0.3, 0.4) is 0 Å². The number of thioether (sulfide) groups is 1. The summed E-state index contributed by atoms with van der Waals surface area (Å²) in [4.78, 5) is 24.7. The lowest BCUT2D eigenvalue weighted by Crippen LogP contribution is -2.24. The lowest BCUT2D eigenvalue weighted by atomic mass is 9.98. The van der Waals surface area contributed by atoms with Gasteiger partial charge in [-0.2, -0.15) is 0 Å². The molecule has 1 unspecified atom stereocenters. The van der Waals surface area contributed by atoms with E-state index in [4.69, 9.17) is 0 Å². The third-order valence-electron chi connectivity index (χ3n) is 2.71. The van der Waals surface area contributed by atoms with E-state index in [-0.39, 0.29) is 21.7 Å². The second-order valence-corrected chi connectivity index (χ2v) is 8.01. The van der Waals surface area contributed by atoms with Crippen LogP contribution in [0.15, 0.2) is 0 Å². The smallest absolute Gasteiger partial charge is 0.230 e. The predicted octanol–water partition coefficient (Wildman–Crippen LogP) is 2.22. The highest BCUT2D eigenvalue weighted by Gasteiger charge is 2.34. The summed E-state index contributed by atoms with van der Waals surface area (Å²) in [5, 5.41) is 9.90. The Kier molecular flexibility index (Phi) is 3.96. The molecule has 0 spiro atoms. The molecule has 2 heterocycles. The summed E-state index contributed by atoms with van der Waals surface area (Å²) in [5.41, 5.74) is -0.0633. The number of nitrogens with zero attached hydrogens (tertiary/aromatic N) is 3. The fourth-order valence-electron chi connectivity index (χ4n) is 1.80. The number of aromatic nitrogens is 2. The Bertz CT molecular complexity index is 507. The fourth-order valence-corrected chi connectivity index (χ4v) is 3.65. The average molecular weight is 299 g/mol. The van der Waals surface area contributed by atoms with Gasteiger partial charge in [-0.05, 0) is 0 Å². The Labute approximate surface area is 120 Å². The highest BCUT2D eigenvalue weighted by atomic mass is 32.2. The minimum Gasteiger partial charge on any atom is -0.288 e. The van der Waals surface area contributed by atoms with Crippen LogP contribution in [0.1, 0.15) is 39.1 Å². The van der Waals surface area contributed by atoms with Gasteiger partial charge in [0.2, 0.25) is 11.0 Å². The molecule has 0 N–H and O–H groups in total. The summed E-state index contributed by atoms with van der Waals surface area (Å²) in [6.45, 7) is 8.27. The first-order valence-electron chi connectivity index (χ1n) is 6.09. The Morgan fingerprint density at radius 2 is 2.11 bits per heavy atom. The molecular formula is C12H17N3O2S2. The molecule has 1 fully saturated rings. The minimum absolute atomic E-state index is 0.0235. The van der Waals surface area contributed by atoms with Crippen LogP contribution >= 0.6 is 23.1 Å². The van der Waals surface area contributed by atoms with Crippen LogP contribution in [0.5, 0.6) is 0 Å². The van der Waals surface area contributed by atoms with Crippen molar-refractivity contribution in [3.8, 4) is 0 Å². The Balaban J connectivity index is 2.12. The molecule has 7 heteroatoms. The summed E-state index contributed by atoms with van der Waals surface area (Å²) in [6.07, 6.45) is 0.397. The third-order valence-corrected chi connectivity index (χ3v) is 5.06. The van der Waals surface area contributed by atoms with E-state index in [1.807, 2.05) is 0 Å². The van der Waals surface area contributed by atoms with Gasteiger partial charge in [0.1, 0.15) is 5.01 Å². The largest absolute Gasteiger partial charge is 0.288 e. The molecule has 1 aromatic rings. The number of rotatable bonds is 2. The normalized spacial score (nSPS) is 20.1. The number of anilines is 1. The number of carbonyl (C=O) groups is 2. The summed E-state index contributed by atoms with van der Waals surface area (Å²) < 4.78 is 0. The number of carbonyl (C=O) groups excluding carboxylic acids is 2. The van der Waals surface area contributed by atoms with Gasteiger partial charge in [0, 0.05) is 30.6 Å². The van der Waals surface area contributed by atoms with E-state index < -0.39 is 0 Å². The zero-order valence-electron chi connectivity index (χ0n) is 11.5. The Morgan fingerprint density at radius 3 is 2.63 bits per heavy atom. The summed E-state index contributed by atoms with van der Waals surface area (Å²) >= 11 is 2.68. The Morgan fingerprint density at radius 1 is 1.42 bits per heavy atom. The van der Waals surface area contributed by atoms with Crippen molar-refractivity contribution in [1.82, 2.24) is 10.2 Å². The molecule has 0 aliphatic carbocycles. The third kappa shape index (κ3) is 3.33. The van der Waals surface area contributed by atoms with Gasteiger partial charge < -0.3 is 0 Å². The monoisotopic (exact) mass is 299 g/mol. The highest BCUT2D eigenvalue weighted by Crippen LogP contribution is 2.33. The van der Waals surface area contributed by atoms with E-state index in [2.05, 4.69) is 31.0 Å². The highest BCUT2D eigenvalue weighted by molar-refractivity contribution is 8.14. The molecular weight excluding hydrogens is 282 g/mol. The van der Waals surface area contributed by atoms with Crippen LogP contribution in [-0.4, -0.2) is 33.0 Å². The molecule has 1 aliphatic heterocycles. The quantitative estimate of drug-likeness (QED) is 0.838. The zero-order chi connectivity index (χ0) is 14.2. The lowest BCUT2D eigenvalue weighted by Gasteiger charge is -2.13. The molecule has 0 radical (unpaired) electrons. The van der Waals surface area contributed by atoms with Gasteiger partial charge >= 0.3 is 0 Å². The van der Waals surface area contributed by atoms with E-state index >= 15 is 0 Å². The molecule has 1 amide bonds. The zero-order valence-corrected chi connectivity index (χ0v) is 13.1. The van der Waals surface area contributed by atoms with Gasteiger partial charge in [-0.15, -0.1) is 10.2 Å². The van der Waals surface area contributed by atoms with E-state index in [1.165, 1.54) is 30.0 Å². The second kappa shape index (κ2) is 5.20. The van der Waals surface area contributed by atoms with Crippen molar-refractivity contribution < 1.29 is 9.59 Å². The number of hydrogen-bond donors (Lipinski definition) is 0. The van der Waals surface area contributed by atoms with Crippen LogP contribution in [-0.2, 0) is 15.0 Å². The molecule has 0 saturated carbocycles. The molecule has 104 valence electrons. The van der Waals surface area contributed by atoms with Crippen LogP contribution in [0.4, 0.5) is 5.13 Å². The van der Waals surface area contributed by atoms with Gasteiger partial charge in [-0.3, -0.25) is 14.5 Å². The van der Waals surface area contributed by atoms with Crippen molar-refractivity contribution in [3.63, 3.8) is 0 Å². The van der Waals surface area contributed by atoms with Gasteiger partial charge in [0.05, 0.1) is 0 Å². The molecule has 1 saturated heterocycles. The van der Waals surface area contributed by atoms with Gasteiger partial charge in [0.25, 0.3) is 0 Å². The van der Waals surface area contributed by atoms with E-state index in [9.17, 15) is 9.59 Å². The average Bonchev–Trinajstić information content (AvgIpc) is 2.82. The maximum Gasteiger partial charge on any atom is 0.230 e. The molecule has 1 aromatic heterocycles. The first kappa shape index (κ1) is 14.5. The van der Waals surface area contributed by atoms with Crippen molar-refractivity contribution in [1.29, 1.82) is 0 Å². The topological polar surface area (TPSA) is 63.2 Å². The van der Waals surface area contributed by atoms with E-state index in [0.717, 1.165) is 5.01 Å². The van der Waals surface area contributed by atoms with Crippen LogP contribution in [0.2, 0.25) is 0 Å². The molecule has 2 rings (SSSR count). The molecule has 19 heavy (non-hydrogen) atoms. The van der Waals surface area contributed by atoms with Gasteiger partial charge in [-0.25, -0.2) is 0 Å². The Hall–Kier alpha value is -0.950. The van der Waals surface area contributed by atoms with Crippen molar-refractivity contribution in [2.75, 3.05) is 11.4 Å². The summed E-state index contributed by atoms with van der Waals surface area (Å²) in [7, 11) is 0. The van der Waals surface area contributed by atoms with Crippen LogP contribution < -0.4 is 4.90 Å². The fraction of sp³-hybridized carbons (Fsp3) is 0.667. The standard InChI is InChI=1S/C12H17N3O2S2/c1-7(16)18-8-5-9(17)15(6-8)11-14-13-10(19-11)12(2,3)4/h8H,5-6H2,1-4H3. The predicted molar refractivity (Wildman–Crippen MR) is 77.6 cm³/mol. The van der Waals surface area contributed by atoms with Crippen molar-refractivity contribution in [2.45, 2.75) is 44.8 Å². The SMILES string of the molecule is CC(=O)SC1CC(=O)N(c2nnc(C(C)(C)C)s2)C1. The maximum absolute atomic E-state index is 12.0. The molecule has 1 atom stereocenters. The number of amides is 1. The molecule has 0 bridgehead atoms. The van der Waals surface area contributed by atoms with E-state index in [1.54, 1.807) is 4.90 Å². The first-order valence-corrected chi connectivity index (χ1v) is 7.78. The maximum atomic E-state index is 12.0. The molecule has 0 aromatic carbocycles. The molecule has 1 aliphatic rings. The first-order chi connectivity index (χ1) is 8.77. The van der Waals surface area contributed by atoms with Crippen LogP contribution in [0.25, 0.3) is 0 Å². The van der Waals surface area contributed by atoms with Crippen molar-refractivity contribution in [2.24, 2.45) is 0 Å². The van der Waals surface area contributed by atoms with Gasteiger partial charge in [-0.1, -0.05) is 43.9 Å². The van der Waals surface area contributed by atoms with Crippen LogP contribution in [0, 0.1) is 0 Å².